The second-order valence-electron chi connectivity index (χ2n) is 9.35. The second-order valence-corrected chi connectivity index (χ2v) is 9.35. The van der Waals surface area contributed by atoms with Crippen molar-refractivity contribution in [1.29, 1.82) is 0 Å². The predicted molar refractivity (Wildman–Crippen MR) is 135 cm³/mol. The Morgan fingerprint density at radius 2 is 1.63 bits per heavy atom. The summed E-state index contributed by atoms with van der Waals surface area (Å²) in [4.78, 5) is 12.5. The minimum absolute atomic E-state index is 0.0202. The second kappa shape index (κ2) is 11.8. The smallest absolute Gasteiger partial charge is 0.341 e. The Labute approximate surface area is 218 Å². The summed E-state index contributed by atoms with van der Waals surface area (Å²) in [5.41, 5.74) is 1.00. The summed E-state index contributed by atoms with van der Waals surface area (Å²) in [5.74, 6) is -6.12. The molecule has 0 saturated heterocycles. The molecule has 4 nitrogen and oxygen atoms in total. The van der Waals surface area contributed by atoms with E-state index in [0.717, 1.165) is 12.1 Å². The van der Waals surface area contributed by atoms with E-state index in [2.05, 4.69) is 6.58 Å². The van der Waals surface area contributed by atoms with Crippen molar-refractivity contribution in [3.05, 3.63) is 101 Å². The minimum atomic E-state index is -1.36. The van der Waals surface area contributed by atoms with Crippen LogP contribution in [0.2, 0.25) is 0 Å². The Bertz CT molecular complexity index is 1310. The van der Waals surface area contributed by atoms with Gasteiger partial charge in [0.05, 0.1) is 11.7 Å². The van der Waals surface area contributed by atoms with Crippen LogP contribution in [0.1, 0.15) is 66.1 Å². The van der Waals surface area contributed by atoms with Gasteiger partial charge < -0.3 is 14.6 Å². The Morgan fingerprint density at radius 1 is 0.947 bits per heavy atom. The molecule has 0 spiro atoms. The molecule has 3 aromatic carbocycles. The SMILES string of the molecule is C=CCOc1ccc(C(=O)OC2CCC(c3ccc(-c4ccc(C(C)O)cc4)c(F)c3F)CC2)c(F)c1F. The molecule has 3 aromatic rings. The normalized spacial score (nSPS) is 18.1. The quantitative estimate of drug-likeness (QED) is 0.188. The van der Waals surface area contributed by atoms with Crippen LogP contribution in [0.3, 0.4) is 0 Å². The summed E-state index contributed by atoms with van der Waals surface area (Å²) < 4.78 is 69.1. The number of ether oxygens (including phenoxy) is 2. The third kappa shape index (κ3) is 5.75. The number of carbonyl (C=O) groups is 1. The van der Waals surface area contributed by atoms with Crippen LogP contribution in [-0.2, 0) is 4.74 Å². The van der Waals surface area contributed by atoms with Gasteiger partial charge >= 0.3 is 5.97 Å². The van der Waals surface area contributed by atoms with E-state index in [0.29, 0.717) is 36.8 Å². The molecule has 1 unspecified atom stereocenters. The summed E-state index contributed by atoms with van der Waals surface area (Å²) in [6, 6.07) is 12.0. The van der Waals surface area contributed by atoms with Crippen LogP contribution in [-0.4, -0.2) is 23.8 Å². The molecule has 0 bridgehead atoms. The third-order valence-electron chi connectivity index (χ3n) is 6.83. The number of esters is 1. The molecule has 1 aliphatic carbocycles. The number of aliphatic hydroxyl groups excluding tert-OH is 1. The zero-order valence-corrected chi connectivity index (χ0v) is 20.9. The van der Waals surface area contributed by atoms with Crippen molar-refractivity contribution in [2.45, 2.75) is 50.7 Å². The fourth-order valence-corrected chi connectivity index (χ4v) is 4.70. The molecule has 1 fully saturated rings. The van der Waals surface area contributed by atoms with Gasteiger partial charge in [-0.25, -0.2) is 18.0 Å². The number of hydrogen-bond donors (Lipinski definition) is 1. The highest BCUT2D eigenvalue weighted by Crippen LogP contribution is 2.38. The molecule has 1 saturated carbocycles. The highest BCUT2D eigenvalue weighted by atomic mass is 19.2. The van der Waals surface area contributed by atoms with Crippen LogP contribution in [0.25, 0.3) is 11.1 Å². The molecular weight excluding hydrogens is 500 g/mol. The maximum atomic E-state index is 15.1. The van der Waals surface area contributed by atoms with E-state index in [1.165, 1.54) is 12.1 Å². The largest absolute Gasteiger partial charge is 0.486 e. The van der Waals surface area contributed by atoms with Crippen molar-refractivity contribution in [2.75, 3.05) is 6.61 Å². The average molecular weight is 529 g/mol. The first-order valence-electron chi connectivity index (χ1n) is 12.4. The molecule has 1 N–H and O–H groups in total. The van der Waals surface area contributed by atoms with Gasteiger partial charge in [0.2, 0.25) is 5.82 Å². The van der Waals surface area contributed by atoms with Gasteiger partial charge in [-0.2, -0.15) is 4.39 Å². The third-order valence-corrected chi connectivity index (χ3v) is 6.83. The van der Waals surface area contributed by atoms with Crippen LogP contribution >= 0.6 is 0 Å². The first-order valence-corrected chi connectivity index (χ1v) is 12.4. The molecule has 0 heterocycles. The molecule has 0 amide bonds. The molecule has 0 aliphatic heterocycles. The molecule has 1 atom stereocenters. The van der Waals surface area contributed by atoms with Gasteiger partial charge in [-0.3, -0.25) is 0 Å². The standard InChI is InChI=1S/C30H28F4O4/c1-3-16-37-25-15-14-24(28(33)29(25)34)30(36)38-21-10-8-20(9-11-21)23-13-12-22(26(31)27(23)32)19-6-4-18(5-7-19)17(2)35/h3-7,12-15,17,20-21,35H,1,8-11,16H2,2H3. The summed E-state index contributed by atoms with van der Waals surface area (Å²) >= 11 is 0. The molecule has 4 rings (SSSR count). The molecule has 1 aliphatic rings. The summed E-state index contributed by atoms with van der Waals surface area (Å²) in [5, 5.41) is 9.65. The van der Waals surface area contributed by atoms with Gasteiger partial charge in [0.15, 0.2) is 23.2 Å². The van der Waals surface area contributed by atoms with Crippen molar-refractivity contribution in [3.8, 4) is 16.9 Å². The number of halogens is 4. The zero-order valence-electron chi connectivity index (χ0n) is 20.9. The van der Waals surface area contributed by atoms with Gasteiger partial charge in [-0.05, 0) is 67.3 Å². The predicted octanol–water partition coefficient (Wildman–Crippen LogP) is 7.41. The van der Waals surface area contributed by atoms with Gasteiger partial charge in [0.1, 0.15) is 12.7 Å². The average Bonchev–Trinajstić information content (AvgIpc) is 2.91. The number of carbonyl (C=O) groups excluding carboxylic acids is 1. The van der Waals surface area contributed by atoms with Gasteiger partial charge in [-0.1, -0.05) is 49.1 Å². The number of benzene rings is 3. The molecule has 0 aromatic heterocycles. The monoisotopic (exact) mass is 528 g/mol. The van der Waals surface area contributed by atoms with Crippen LogP contribution < -0.4 is 4.74 Å². The Hall–Kier alpha value is -3.65. The van der Waals surface area contributed by atoms with E-state index in [-0.39, 0.29) is 29.4 Å². The van der Waals surface area contributed by atoms with E-state index in [1.807, 2.05) is 0 Å². The Balaban J connectivity index is 1.40. The molecular formula is C30H28F4O4. The van der Waals surface area contributed by atoms with E-state index < -0.39 is 47.0 Å². The van der Waals surface area contributed by atoms with E-state index in [1.54, 1.807) is 37.3 Å². The van der Waals surface area contributed by atoms with Crippen LogP contribution in [0.4, 0.5) is 17.6 Å². The lowest BCUT2D eigenvalue weighted by molar-refractivity contribution is 0.0188. The summed E-state index contributed by atoms with van der Waals surface area (Å²) in [6.45, 7) is 5.04. The number of hydrogen-bond acceptors (Lipinski definition) is 4. The van der Waals surface area contributed by atoms with Gasteiger partial charge in [0.25, 0.3) is 0 Å². The highest BCUT2D eigenvalue weighted by Gasteiger charge is 2.30. The Morgan fingerprint density at radius 3 is 2.26 bits per heavy atom. The number of aliphatic hydroxyl groups is 1. The molecule has 38 heavy (non-hydrogen) atoms. The van der Waals surface area contributed by atoms with Crippen molar-refractivity contribution in [3.63, 3.8) is 0 Å². The molecule has 0 radical (unpaired) electrons. The summed E-state index contributed by atoms with van der Waals surface area (Å²) in [6.07, 6.45) is 1.75. The number of rotatable bonds is 8. The van der Waals surface area contributed by atoms with Crippen LogP contribution in [0.15, 0.2) is 61.2 Å². The topological polar surface area (TPSA) is 55.8 Å². The fourth-order valence-electron chi connectivity index (χ4n) is 4.70. The minimum Gasteiger partial charge on any atom is -0.486 e. The van der Waals surface area contributed by atoms with E-state index in [4.69, 9.17) is 9.47 Å². The highest BCUT2D eigenvalue weighted by molar-refractivity contribution is 5.90. The van der Waals surface area contributed by atoms with Crippen LogP contribution in [0, 0.1) is 23.3 Å². The first kappa shape index (κ1) is 27.4. The lowest BCUT2D eigenvalue weighted by Gasteiger charge is -2.29. The first-order chi connectivity index (χ1) is 18.2. The van der Waals surface area contributed by atoms with Crippen molar-refractivity contribution in [1.82, 2.24) is 0 Å². The Kier molecular flexibility index (Phi) is 8.52. The lowest BCUT2D eigenvalue weighted by Crippen LogP contribution is -2.25. The van der Waals surface area contributed by atoms with Crippen molar-refractivity contribution >= 4 is 5.97 Å². The molecule has 8 heteroatoms. The van der Waals surface area contributed by atoms with Gasteiger partial charge in [-0.15, -0.1) is 0 Å². The summed E-state index contributed by atoms with van der Waals surface area (Å²) in [7, 11) is 0. The van der Waals surface area contributed by atoms with E-state index >= 15 is 4.39 Å². The zero-order chi connectivity index (χ0) is 27.4. The van der Waals surface area contributed by atoms with Crippen molar-refractivity contribution in [2.24, 2.45) is 0 Å². The maximum Gasteiger partial charge on any atom is 0.341 e. The lowest BCUT2D eigenvalue weighted by atomic mass is 9.82. The van der Waals surface area contributed by atoms with Crippen molar-refractivity contribution < 1.29 is 36.9 Å². The van der Waals surface area contributed by atoms with Crippen LogP contribution in [0.5, 0.6) is 5.75 Å². The fraction of sp³-hybridized carbons (Fsp3) is 0.300. The van der Waals surface area contributed by atoms with Gasteiger partial charge in [0, 0.05) is 5.56 Å². The molecule has 200 valence electrons. The maximum absolute atomic E-state index is 15.1. The van der Waals surface area contributed by atoms with E-state index in [9.17, 15) is 23.1 Å².